The van der Waals surface area contributed by atoms with Crippen LogP contribution in [0.1, 0.15) is 49.2 Å². The molecular weight excluding hydrogens is 521 g/mol. The molecule has 0 spiro atoms. The molecule has 2 aromatic rings. The van der Waals surface area contributed by atoms with Gasteiger partial charge in [-0.1, -0.05) is 50.6 Å². The molecule has 3 heterocycles. The Labute approximate surface area is 230 Å². The van der Waals surface area contributed by atoms with Crippen molar-refractivity contribution in [2.75, 3.05) is 7.05 Å². The van der Waals surface area contributed by atoms with Crippen molar-refractivity contribution in [3.05, 3.63) is 60.2 Å². The molecule has 2 saturated heterocycles. The van der Waals surface area contributed by atoms with E-state index in [-0.39, 0.29) is 24.5 Å². The summed E-state index contributed by atoms with van der Waals surface area (Å²) < 4.78 is 15.7. The summed E-state index contributed by atoms with van der Waals surface area (Å²) in [5.41, 5.74) is -1.01. The summed E-state index contributed by atoms with van der Waals surface area (Å²) in [4.78, 5) is 72.5. The number of carbonyl (C=O) groups is 5. The molecule has 13 nitrogen and oxygen atoms in total. The second-order valence-corrected chi connectivity index (χ2v) is 10.3. The Balaban J connectivity index is 1.62. The molecule has 0 saturated carbocycles. The van der Waals surface area contributed by atoms with E-state index in [1.165, 1.54) is 25.6 Å². The standard InChI is InChI=1S/C26H32BN5O8/c1-16(2)11-20(27-38-22(34)14-26(40-27,25(37)39-27)13-21(33)28-3)32-23(35)18(12-17-7-5-4-6-8-17)31-24(36)19-15-29-9-10-30-19/h4-10,15-16,18,20,39H,11-14H2,1-3H3,(H,28,33)(H,31,36)(H,32,35)/t18-,20-,26-,27?/m0/s1. The number of hydrogen-bond acceptors (Lipinski definition) is 9. The molecule has 0 aliphatic carbocycles. The monoisotopic (exact) mass is 553 g/mol. The molecule has 40 heavy (non-hydrogen) atoms. The third-order valence-corrected chi connectivity index (χ3v) is 6.80. The molecule has 2 aliphatic rings. The first-order valence-corrected chi connectivity index (χ1v) is 13.0. The lowest BCUT2D eigenvalue weighted by molar-refractivity contribution is -0.158. The molecule has 2 fully saturated rings. The number of nitrogens with zero attached hydrogens (tertiary/aromatic N) is 2. The second kappa shape index (κ2) is 11.8. The summed E-state index contributed by atoms with van der Waals surface area (Å²) in [6, 6.07) is 7.99. The maximum atomic E-state index is 13.7. The van der Waals surface area contributed by atoms with Gasteiger partial charge in [-0.25, -0.2) is 4.98 Å². The Morgan fingerprint density at radius 2 is 1.88 bits per heavy atom. The van der Waals surface area contributed by atoms with E-state index in [2.05, 4.69) is 30.6 Å². The van der Waals surface area contributed by atoms with E-state index in [9.17, 15) is 24.0 Å². The van der Waals surface area contributed by atoms with Gasteiger partial charge in [-0.3, -0.25) is 24.2 Å². The van der Waals surface area contributed by atoms with Crippen molar-refractivity contribution >= 4 is 36.4 Å². The predicted octanol–water partition coefficient (Wildman–Crippen LogP) is -0.267. The molecule has 3 amide bonds. The van der Waals surface area contributed by atoms with Crippen LogP contribution in [0, 0.1) is 5.92 Å². The zero-order chi connectivity index (χ0) is 28.9. The smallest absolute Gasteiger partial charge is 0.594 e. The second-order valence-electron chi connectivity index (χ2n) is 10.3. The van der Waals surface area contributed by atoms with E-state index >= 15 is 0 Å². The van der Waals surface area contributed by atoms with Crippen LogP contribution in [-0.2, 0) is 34.9 Å². The molecule has 1 aromatic heterocycles. The Hall–Kier alpha value is -4.33. The quantitative estimate of drug-likeness (QED) is 0.250. The minimum Gasteiger partial charge on any atom is -0.715 e. The highest BCUT2D eigenvalue weighted by atomic mass is 16.8. The summed E-state index contributed by atoms with van der Waals surface area (Å²) in [7, 11) is 1.40. The van der Waals surface area contributed by atoms with Crippen molar-refractivity contribution in [2.45, 2.75) is 57.1 Å². The van der Waals surface area contributed by atoms with Gasteiger partial charge in [0, 0.05) is 36.6 Å². The van der Waals surface area contributed by atoms with Crippen LogP contribution in [0.2, 0.25) is 0 Å². The number of rotatable bonds is 11. The van der Waals surface area contributed by atoms with Gasteiger partial charge in [0.25, 0.3) is 11.9 Å². The number of fused-ring (bicyclic) bond motifs is 2. The largest absolute Gasteiger partial charge is 0.715 e. The van der Waals surface area contributed by atoms with Crippen molar-refractivity contribution in [3.63, 3.8) is 0 Å². The summed E-state index contributed by atoms with van der Waals surface area (Å²) in [5, 5.41) is 7.95. The van der Waals surface area contributed by atoms with E-state index < -0.39 is 66.8 Å². The molecule has 2 bridgehead atoms. The lowest BCUT2D eigenvalue weighted by atomic mass is 9.64. The highest BCUT2D eigenvalue weighted by Crippen LogP contribution is 2.41. The molecule has 2 aliphatic heterocycles. The zero-order valence-corrected chi connectivity index (χ0v) is 22.5. The van der Waals surface area contributed by atoms with E-state index in [4.69, 9.17) is 9.31 Å². The van der Waals surface area contributed by atoms with Gasteiger partial charge < -0.3 is 29.9 Å². The summed E-state index contributed by atoms with van der Waals surface area (Å²) >= 11 is 0. The van der Waals surface area contributed by atoms with Gasteiger partial charge >= 0.3 is 12.7 Å². The van der Waals surface area contributed by atoms with Crippen LogP contribution in [0.4, 0.5) is 0 Å². The number of carboxylic acids is 1. The summed E-state index contributed by atoms with van der Waals surface area (Å²) in [5.74, 6) is -4.38. The molecule has 212 valence electrons. The normalized spacial score (nSPS) is 23.0. The van der Waals surface area contributed by atoms with Gasteiger partial charge in [0.1, 0.15) is 11.7 Å². The lowest BCUT2D eigenvalue weighted by Crippen LogP contribution is -2.67. The molecule has 1 aromatic carbocycles. The van der Waals surface area contributed by atoms with E-state index in [1.807, 2.05) is 44.2 Å². The average molecular weight is 553 g/mol. The number of nitrogens with one attached hydrogen (secondary N) is 3. The van der Waals surface area contributed by atoms with Gasteiger partial charge in [-0.15, -0.1) is 0 Å². The van der Waals surface area contributed by atoms with Crippen LogP contribution in [0.5, 0.6) is 0 Å². The molecule has 4 N–H and O–H groups in total. The van der Waals surface area contributed by atoms with Gasteiger partial charge in [0.05, 0.1) is 19.0 Å². The van der Waals surface area contributed by atoms with Crippen molar-refractivity contribution in [2.24, 2.45) is 5.92 Å². The van der Waals surface area contributed by atoms with Crippen molar-refractivity contribution < 1.29 is 37.9 Å². The fourth-order valence-electron chi connectivity index (χ4n) is 4.93. The van der Waals surface area contributed by atoms with Crippen LogP contribution in [-0.4, -0.2) is 75.7 Å². The predicted molar refractivity (Wildman–Crippen MR) is 141 cm³/mol. The van der Waals surface area contributed by atoms with Crippen LogP contribution in [0.3, 0.4) is 0 Å². The van der Waals surface area contributed by atoms with Crippen LogP contribution >= 0.6 is 0 Å². The van der Waals surface area contributed by atoms with Crippen molar-refractivity contribution in [1.29, 1.82) is 0 Å². The van der Waals surface area contributed by atoms with E-state index in [1.54, 1.807) is 0 Å². The third kappa shape index (κ3) is 6.28. The molecule has 0 radical (unpaired) electrons. The topological polar surface area (TPSA) is 178 Å². The highest BCUT2D eigenvalue weighted by Gasteiger charge is 2.70. The van der Waals surface area contributed by atoms with Crippen LogP contribution in [0.25, 0.3) is 0 Å². The maximum Gasteiger partial charge on any atom is 0.594 e. The maximum absolute atomic E-state index is 13.7. The number of benzene rings is 1. The minimum atomic E-state index is -3.02. The van der Waals surface area contributed by atoms with Gasteiger partial charge in [0.2, 0.25) is 17.4 Å². The number of carbonyl (C=O) groups excluding carboxylic acids is 4. The fourth-order valence-corrected chi connectivity index (χ4v) is 4.93. The fraction of sp³-hybridized carbons (Fsp3) is 0.423. The first-order valence-electron chi connectivity index (χ1n) is 13.0. The van der Waals surface area contributed by atoms with Gasteiger partial charge in [-0.05, 0) is 11.5 Å². The number of amides is 3. The van der Waals surface area contributed by atoms with Gasteiger partial charge in [0.15, 0.2) is 0 Å². The summed E-state index contributed by atoms with van der Waals surface area (Å²) in [6.07, 6.45) is 3.52. The summed E-state index contributed by atoms with van der Waals surface area (Å²) in [6.45, 7) is 0.731. The zero-order valence-electron chi connectivity index (χ0n) is 22.5. The Morgan fingerprint density at radius 3 is 2.52 bits per heavy atom. The first kappa shape index (κ1) is 28.7. The van der Waals surface area contributed by atoms with Crippen molar-refractivity contribution in [3.8, 4) is 0 Å². The molecule has 1 unspecified atom stereocenters. The highest BCUT2D eigenvalue weighted by molar-refractivity contribution is 6.67. The molecular formula is C26H32BN5O8. The van der Waals surface area contributed by atoms with E-state index in [0.29, 0.717) is 0 Å². The Kier molecular flexibility index (Phi) is 8.47. The first-order chi connectivity index (χ1) is 19.1. The Bertz CT molecular complexity index is 1280. The number of aromatic nitrogens is 2. The third-order valence-electron chi connectivity index (χ3n) is 6.80. The van der Waals surface area contributed by atoms with Crippen LogP contribution in [0.15, 0.2) is 48.9 Å². The minimum absolute atomic E-state index is 0.0230. The van der Waals surface area contributed by atoms with Crippen molar-refractivity contribution in [1.82, 2.24) is 25.9 Å². The SMILES string of the molecule is CNC(=O)C[C@@]12CC(=O)O[B-]([C@H](CC(C)C)NC(=O)[C@H](Cc3ccccc3)NC(=O)c3cnccn3)(O1)[OH+]C2=O. The molecule has 4 rings (SSSR count). The lowest BCUT2D eigenvalue weighted by Gasteiger charge is -2.43. The molecule has 4 atom stereocenters. The van der Waals surface area contributed by atoms with Crippen LogP contribution < -0.4 is 16.0 Å². The van der Waals surface area contributed by atoms with E-state index in [0.717, 1.165) is 5.56 Å². The average Bonchev–Trinajstić information content (AvgIpc) is 3.13. The molecule has 14 heteroatoms. The number of aliphatic carboxylic acids is 1. The number of hydrogen-bond donors (Lipinski definition) is 3. The van der Waals surface area contributed by atoms with Gasteiger partial charge in [-0.2, -0.15) is 0 Å². The Morgan fingerprint density at radius 1 is 1.12 bits per heavy atom.